The molecule has 0 fully saturated rings. The lowest BCUT2D eigenvalue weighted by atomic mass is 9.67. The summed E-state index contributed by atoms with van der Waals surface area (Å²) in [6.07, 6.45) is 22.2. The number of hydrogen-bond acceptors (Lipinski definition) is 2. The van der Waals surface area contributed by atoms with Gasteiger partial charge >= 0.3 is 0 Å². The minimum Gasteiger partial charge on any atom is -0.310 e. The molecule has 0 saturated carbocycles. The molecular weight excluding hydrogens is 835 g/mol. The Morgan fingerprint density at radius 1 is 0.594 bits per heavy atom. The number of aryl methyl sites for hydroxylation is 2. The Balaban J connectivity index is 0.00000273. The van der Waals surface area contributed by atoms with Crippen LogP contribution in [0.3, 0.4) is 0 Å². The van der Waals surface area contributed by atoms with Gasteiger partial charge in [-0.25, -0.2) is 4.98 Å². The van der Waals surface area contributed by atoms with Gasteiger partial charge in [-0.1, -0.05) is 171 Å². The molecule has 0 aliphatic heterocycles. The number of allylic oxidation sites excluding steroid dienone is 12. The smallest absolute Gasteiger partial charge is 0.145 e. The maximum absolute atomic E-state index is 5.24. The Morgan fingerprint density at radius 2 is 1.22 bits per heavy atom. The maximum Gasteiger partial charge on any atom is 0.145 e. The number of hydrogen-bond donors (Lipinski definition) is 0. The molecule has 0 radical (unpaired) electrons. The molecule has 8 aromatic rings. The van der Waals surface area contributed by atoms with Crippen molar-refractivity contribution < 1.29 is 0 Å². The molecule has 0 atom stereocenters. The molecular formula is C66H61N3. The van der Waals surface area contributed by atoms with Crippen LogP contribution in [0.25, 0.3) is 44.8 Å². The van der Waals surface area contributed by atoms with Gasteiger partial charge in [0.25, 0.3) is 0 Å². The van der Waals surface area contributed by atoms with E-state index in [1.807, 2.05) is 13.8 Å². The molecule has 3 aliphatic carbocycles. The van der Waals surface area contributed by atoms with Crippen LogP contribution in [0.2, 0.25) is 0 Å². The summed E-state index contributed by atoms with van der Waals surface area (Å²) in [7, 11) is 0. The summed E-state index contributed by atoms with van der Waals surface area (Å²) in [6.45, 7) is 12.8. The normalized spacial score (nSPS) is 14.9. The first kappa shape index (κ1) is 45.1. The number of nitrogens with zero attached hydrogens (tertiary/aromatic N) is 3. The molecule has 0 bridgehead atoms. The molecule has 3 heteroatoms. The highest BCUT2D eigenvalue weighted by Crippen LogP contribution is 2.57. The fraction of sp³-hybridized carbons (Fsp3) is 0.167. The Labute approximate surface area is 409 Å². The summed E-state index contributed by atoms with van der Waals surface area (Å²) < 4.78 is 2.35. The van der Waals surface area contributed by atoms with Gasteiger partial charge < -0.3 is 4.90 Å². The highest BCUT2D eigenvalue weighted by Gasteiger charge is 2.46. The summed E-state index contributed by atoms with van der Waals surface area (Å²) in [5, 5.41) is 0. The predicted octanol–water partition coefficient (Wildman–Crippen LogP) is 18.0. The van der Waals surface area contributed by atoms with Crippen LogP contribution in [0.5, 0.6) is 0 Å². The molecule has 69 heavy (non-hydrogen) atoms. The first-order valence-corrected chi connectivity index (χ1v) is 24.8. The number of anilines is 3. The summed E-state index contributed by atoms with van der Waals surface area (Å²) in [5.41, 5.74) is 22.4. The average Bonchev–Trinajstić information content (AvgIpc) is 3.94. The highest BCUT2D eigenvalue weighted by molar-refractivity contribution is 5.91. The van der Waals surface area contributed by atoms with Crippen molar-refractivity contribution in [1.82, 2.24) is 9.55 Å². The van der Waals surface area contributed by atoms with Crippen LogP contribution in [0.4, 0.5) is 17.1 Å². The van der Waals surface area contributed by atoms with Gasteiger partial charge in [0.05, 0.1) is 16.4 Å². The van der Waals surface area contributed by atoms with E-state index >= 15 is 0 Å². The van der Waals surface area contributed by atoms with E-state index in [9.17, 15) is 0 Å². The Bertz CT molecular complexity index is 3300. The third kappa shape index (κ3) is 8.37. The largest absolute Gasteiger partial charge is 0.310 e. The highest BCUT2D eigenvalue weighted by atomic mass is 15.1. The van der Waals surface area contributed by atoms with Crippen molar-refractivity contribution in [1.29, 1.82) is 0 Å². The molecule has 1 heterocycles. The lowest BCUT2D eigenvalue weighted by Crippen LogP contribution is -2.29. The van der Waals surface area contributed by atoms with Gasteiger partial charge in [0.1, 0.15) is 5.82 Å². The van der Waals surface area contributed by atoms with Gasteiger partial charge in [0.15, 0.2) is 0 Å². The van der Waals surface area contributed by atoms with Crippen LogP contribution >= 0.6 is 0 Å². The zero-order chi connectivity index (χ0) is 47.5. The number of benzene rings is 7. The Kier molecular flexibility index (Phi) is 12.7. The quantitative estimate of drug-likeness (QED) is 0.128. The number of rotatable bonds is 10. The minimum absolute atomic E-state index is 0.526. The fourth-order valence-electron chi connectivity index (χ4n) is 10.5. The van der Waals surface area contributed by atoms with Gasteiger partial charge in [0.2, 0.25) is 0 Å². The zero-order valence-corrected chi connectivity index (χ0v) is 40.9. The third-order valence-electron chi connectivity index (χ3n) is 14.1. The van der Waals surface area contributed by atoms with E-state index in [1.165, 1.54) is 72.5 Å². The van der Waals surface area contributed by atoms with Crippen LogP contribution in [0, 0.1) is 13.8 Å². The SMILES string of the molecule is C/C(=C\C=C(/C)c1ccc(N(c2ccc(-c3nc4ccccc4n3C3=CC=CCC3)cc2)c2ccc3c(c2)C(c2ccc(C)cc2)(c2ccc(C)cc2)c2ccccc2-3)cc1)C1=CCCC=C1.CC. The second-order valence-corrected chi connectivity index (χ2v) is 18.4. The molecule has 1 aromatic heterocycles. The lowest BCUT2D eigenvalue weighted by molar-refractivity contribution is 0.767. The van der Waals surface area contributed by atoms with Gasteiger partial charge in [-0.15, -0.1) is 0 Å². The van der Waals surface area contributed by atoms with Crippen LogP contribution < -0.4 is 4.90 Å². The van der Waals surface area contributed by atoms with Crippen LogP contribution in [-0.2, 0) is 5.41 Å². The Hall–Kier alpha value is -7.75. The molecule has 3 aliphatic rings. The maximum atomic E-state index is 5.24. The third-order valence-corrected chi connectivity index (χ3v) is 14.1. The van der Waals surface area contributed by atoms with Gasteiger partial charge in [-0.3, -0.25) is 4.57 Å². The van der Waals surface area contributed by atoms with Crippen molar-refractivity contribution in [2.75, 3.05) is 4.90 Å². The second-order valence-electron chi connectivity index (χ2n) is 18.4. The zero-order valence-electron chi connectivity index (χ0n) is 40.9. The molecule has 0 saturated heterocycles. The van der Waals surface area contributed by atoms with E-state index in [0.29, 0.717) is 0 Å². The van der Waals surface area contributed by atoms with E-state index in [4.69, 9.17) is 4.98 Å². The average molecular weight is 896 g/mol. The van der Waals surface area contributed by atoms with E-state index in [1.54, 1.807) is 0 Å². The van der Waals surface area contributed by atoms with Crippen LogP contribution in [0.1, 0.15) is 92.3 Å². The summed E-state index contributed by atoms with van der Waals surface area (Å²) in [4.78, 5) is 7.66. The summed E-state index contributed by atoms with van der Waals surface area (Å²) in [5.74, 6) is 0.962. The monoisotopic (exact) mass is 895 g/mol. The van der Waals surface area contributed by atoms with Crippen molar-refractivity contribution in [3.8, 4) is 22.5 Å². The Morgan fingerprint density at radius 3 is 1.88 bits per heavy atom. The van der Waals surface area contributed by atoms with Gasteiger partial charge in [-0.2, -0.15) is 0 Å². The standard InChI is InChI=1S/C64H55N3.C2H6/c1-44-23-33-51(34-24-44)64(52-35-25-45(2)26-36-52)59-20-12-11-19-57(59)58-42-41-56(43-60(58)64)66(54-37-29-49(30-38-54)47(4)28-27-46(3)48-15-7-5-8-16-48)55-39-31-50(32-40-55)63-65-61-21-13-14-22-62(61)67(63)53-17-9-6-10-18-53;1-2/h6-7,9,11-17,19-43H,5,8,10,18H2,1-4H3;1-2H3/b46-27+,47-28+;. The first-order valence-electron chi connectivity index (χ1n) is 24.8. The molecule has 0 amide bonds. The fourth-order valence-corrected chi connectivity index (χ4v) is 10.5. The molecule has 340 valence electrons. The van der Waals surface area contributed by atoms with E-state index < -0.39 is 5.41 Å². The number of aromatic nitrogens is 2. The van der Waals surface area contributed by atoms with Gasteiger partial charge in [0, 0.05) is 28.3 Å². The minimum atomic E-state index is -0.526. The molecule has 11 rings (SSSR count). The van der Waals surface area contributed by atoms with Crippen molar-refractivity contribution in [2.45, 2.75) is 72.6 Å². The van der Waals surface area contributed by atoms with E-state index in [-0.39, 0.29) is 0 Å². The molecule has 3 nitrogen and oxygen atoms in total. The van der Waals surface area contributed by atoms with E-state index in [2.05, 4.69) is 250 Å². The van der Waals surface area contributed by atoms with Crippen molar-refractivity contribution in [3.63, 3.8) is 0 Å². The van der Waals surface area contributed by atoms with Crippen LogP contribution in [0.15, 0.2) is 224 Å². The van der Waals surface area contributed by atoms with Crippen molar-refractivity contribution in [3.05, 3.63) is 262 Å². The van der Waals surface area contributed by atoms with Crippen LogP contribution in [-0.4, -0.2) is 9.55 Å². The van der Waals surface area contributed by atoms with Gasteiger partial charge in [-0.05, 0) is 176 Å². The lowest BCUT2D eigenvalue weighted by Gasteiger charge is -2.35. The molecule has 7 aromatic carbocycles. The predicted molar refractivity (Wildman–Crippen MR) is 294 cm³/mol. The second kappa shape index (κ2) is 19.5. The van der Waals surface area contributed by atoms with Crippen molar-refractivity contribution in [2.24, 2.45) is 0 Å². The molecule has 0 unspecified atom stereocenters. The number of para-hydroxylation sites is 2. The topological polar surface area (TPSA) is 21.1 Å². The summed E-state index contributed by atoms with van der Waals surface area (Å²) >= 11 is 0. The van der Waals surface area contributed by atoms with Crippen molar-refractivity contribution >= 4 is 39.4 Å². The number of fused-ring (bicyclic) bond motifs is 4. The first-order chi connectivity index (χ1) is 33.9. The van der Waals surface area contributed by atoms with E-state index in [0.717, 1.165) is 65.2 Å². The molecule has 0 spiro atoms. The number of imidazole rings is 1. The summed E-state index contributed by atoms with van der Waals surface area (Å²) in [6, 6.07) is 61.2. The molecule has 0 N–H and O–H groups in total.